The van der Waals surface area contributed by atoms with E-state index in [2.05, 4.69) is 46.3 Å². The molecule has 5 rings (SSSR count). The number of amides is 1. The highest BCUT2D eigenvalue weighted by atomic mass is 16.3. The number of nitrogens with zero attached hydrogens (tertiary/aromatic N) is 4. The van der Waals surface area contributed by atoms with Gasteiger partial charge in [-0.25, -0.2) is 4.98 Å². The van der Waals surface area contributed by atoms with E-state index in [0.717, 1.165) is 54.1 Å². The van der Waals surface area contributed by atoms with Crippen LogP contribution < -0.4 is 21.1 Å². The first kappa shape index (κ1) is 29.0. The van der Waals surface area contributed by atoms with E-state index in [-0.39, 0.29) is 28.8 Å². The number of aromatic nitrogens is 3. The Morgan fingerprint density at radius 1 is 1.02 bits per heavy atom. The highest BCUT2D eigenvalue weighted by Gasteiger charge is 2.19. The van der Waals surface area contributed by atoms with E-state index < -0.39 is 0 Å². The van der Waals surface area contributed by atoms with Crippen LogP contribution in [0.3, 0.4) is 0 Å². The lowest BCUT2D eigenvalue weighted by Crippen LogP contribution is -2.35. The lowest BCUT2D eigenvalue weighted by molar-refractivity contribution is 0.102. The van der Waals surface area contributed by atoms with Gasteiger partial charge in [0, 0.05) is 66.3 Å². The number of carbonyl (C=O) groups excluding carboxylic acids is 1. The van der Waals surface area contributed by atoms with Crippen molar-refractivity contribution in [3.8, 4) is 11.3 Å². The molecule has 4 aromatic rings. The normalized spacial score (nSPS) is 14.1. The van der Waals surface area contributed by atoms with Gasteiger partial charge < -0.3 is 25.2 Å². The highest BCUT2D eigenvalue weighted by Crippen LogP contribution is 2.29. The van der Waals surface area contributed by atoms with Gasteiger partial charge in [-0.1, -0.05) is 32.9 Å². The van der Waals surface area contributed by atoms with E-state index in [1.165, 1.54) is 4.57 Å². The van der Waals surface area contributed by atoms with Gasteiger partial charge >= 0.3 is 0 Å². The van der Waals surface area contributed by atoms with Crippen LogP contribution in [0.15, 0.2) is 71.8 Å². The molecule has 1 saturated heterocycles. The maximum absolute atomic E-state index is 13.0. The standard InChI is InChI=1S/C33H38N6O3/c1-21-26(7-6-8-27(21)37-31(41)22-9-14-29(34-19-22)33(2,3)4)28-20-38(5)32(42)30(36-28)35-23-10-12-24(13-11-23)39-17-15-25(40)16-18-39/h6-14,19-20,25,40H,15-18H2,1-5H3,(H,35,36)(H,37,41). The third kappa shape index (κ3) is 6.36. The molecule has 2 aromatic heterocycles. The molecule has 9 nitrogen and oxygen atoms in total. The van der Waals surface area contributed by atoms with Gasteiger partial charge in [0.25, 0.3) is 11.5 Å². The SMILES string of the molecule is Cc1c(NC(=O)c2ccc(C(C)(C)C)nc2)cccc1-c1cn(C)c(=O)c(Nc2ccc(N3CCC(O)CC3)cc2)n1. The van der Waals surface area contributed by atoms with Crippen molar-refractivity contribution in [2.75, 3.05) is 28.6 Å². The summed E-state index contributed by atoms with van der Waals surface area (Å²) in [7, 11) is 1.70. The molecule has 3 heterocycles. The Kier molecular flexibility index (Phi) is 8.13. The molecule has 1 amide bonds. The molecule has 218 valence electrons. The summed E-state index contributed by atoms with van der Waals surface area (Å²) in [6.45, 7) is 9.80. The van der Waals surface area contributed by atoms with Crippen molar-refractivity contribution < 1.29 is 9.90 Å². The first-order valence-corrected chi connectivity index (χ1v) is 14.3. The minimum Gasteiger partial charge on any atom is -0.393 e. The second kappa shape index (κ2) is 11.8. The Balaban J connectivity index is 1.36. The van der Waals surface area contributed by atoms with E-state index in [9.17, 15) is 14.7 Å². The molecule has 1 aliphatic heterocycles. The molecule has 0 radical (unpaired) electrons. The number of benzene rings is 2. The largest absolute Gasteiger partial charge is 0.393 e. The van der Waals surface area contributed by atoms with E-state index in [4.69, 9.17) is 0 Å². The van der Waals surface area contributed by atoms with Crippen LogP contribution in [0.4, 0.5) is 22.9 Å². The quantitative estimate of drug-likeness (QED) is 0.286. The van der Waals surface area contributed by atoms with Crippen LogP contribution in [-0.2, 0) is 12.5 Å². The Morgan fingerprint density at radius 2 is 1.74 bits per heavy atom. The number of piperidine rings is 1. The topological polar surface area (TPSA) is 112 Å². The van der Waals surface area contributed by atoms with Gasteiger partial charge in [-0.2, -0.15) is 0 Å². The molecule has 0 atom stereocenters. The van der Waals surface area contributed by atoms with Gasteiger partial charge in [0.2, 0.25) is 0 Å². The van der Waals surface area contributed by atoms with Crippen LogP contribution in [-0.4, -0.2) is 44.7 Å². The molecule has 0 unspecified atom stereocenters. The molecule has 2 aromatic carbocycles. The number of rotatable bonds is 6. The molecule has 3 N–H and O–H groups in total. The van der Waals surface area contributed by atoms with E-state index in [1.807, 2.05) is 55.5 Å². The van der Waals surface area contributed by atoms with Crippen molar-refractivity contribution in [3.63, 3.8) is 0 Å². The predicted octanol–water partition coefficient (Wildman–Crippen LogP) is 5.41. The number of hydrogen-bond donors (Lipinski definition) is 3. The molecule has 0 aliphatic carbocycles. The summed E-state index contributed by atoms with van der Waals surface area (Å²) in [6.07, 6.45) is 4.60. The van der Waals surface area contributed by atoms with Crippen LogP contribution in [0.5, 0.6) is 0 Å². The second-order valence-electron chi connectivity index (χ2n) is 11.9. The molecule has 42 heavy (non-hydrogen) atoms. The van der Waals surface area contributed by atoms with Gasteiger partial charge in [-0.05, 0) is 67.8 Å². The smallest absolute Gasteiger partial charge is 0.293 e. The van der Waals surface area contributed by atoms with Crippen LogP contribution in [0, 0.1) is 6.92 Å². The van der Waals surface area contributed by atoms with Crippen LogP contribution >= 0.6 is 0 Å². The summed E-state index contributed by atoms with van der Waals surface area (Å²) >= 11 is 0. The lowest BCUT2D eigenvalue weighted by Gasteiger charge is -2.31. The van der Waals surface area contributed by atoms with Gasteiger partial charge in [0.05, 0.1) is 17.4 Å². The summed E-state index contributed by atoms with van der Waals surface area (Å²) < 4.78 is 1.51. The minimum absolute atomic E-state index is 0.0990. The van der Waals surface area contributed by atoms with Gasteiger partial charge in [-0.15, -0.1) is 0 Å². The Labute approximate surface area is 246 Å². The molecule has 1 aliphatic rings. The van der Waals surface area contributed by atoms with Crippen molar-refractivity contribution in [2.45, 2.75) is 52.1 Å². The van der Waals surface area contributed by atoms with Crippen molar-refractivity contribution >= 4 is 28.8 Å². The molecule has 0 saturated carbocycles. The number of hydrogen-bond acceptors (Lipinski definition) is 7. The summed E-state index contributed by atoms with van der Waals surface area (Å²) in [6, 6.07) is 17.2. The number of carbonyl (C=O) groups is 1. The van der Waals surface area contributed by atoms with Crippen molar-refractivity contribution in [1.82, 2.24) is 14.5 Å². The summed E-state index contributed by atoms with van der Waals surface area (Å²) in [5, 5.41) is 16.0. The average molecular weight is 567 g/mol. The van der Waals surface area contributed by atoms with Gasteiger partial charge in [-0.3, -0.25) is 14.6 Å². The average Bonchev–Trinajstić information content (AvgIpc) is 2.97. The number of aliphatic hydroxyl groups excluding tert-OH is 1. The third-order valence-electron chi connectivity index (χ3n) is 7.68. The number of anilines is 4. The second-order valence-corrected chi connectivity index (χ2v) is 11.9. The molecule has 1 fully saturated rings. The molecule has 9 heteroatoms. The van der Waals surface area contributed by atoms with Crippen molar-refractivity contribution in [3.05, 3.63) is 94.2 Å². The Hall–Kier alpha value is -4.50. The van der Waals surface area contributed by atoms with E-state index >= 15 is 0 Å². The Bertz CT molecular complexity index is 1630. The maximum Gasteiger partial charge on any atom is 0.293 e. The fraction of sp³-hybridized carbons (Fsp3) is 0.333. The first-order valence-electron chi connectivity index (χ1n) is 14.3. The number of nitrogens with one attached hydrogen (secondary N) is 2. The molecule has 0 spiro atoms. The predicted molar refractivity (Wildman–Crippen MR) is 168 cm³/mol. The maximum atomic E-state index is 13.0. The fourth-order valence-corrected chi connectivity index (χ4v) is 5.05. The zero-order chi connectivity index (χ0) is 30.0. The van der Waals surface area contributed by atoms with Crippen LogP contribution in [0.25, 0.3) is 11.3 Å². The zero-order valence-corrected chi connectivity index (χ0v) is 24.8. The zero-order valence-electron chi connectivity index (χ0n) is 24.8. The van der Waals surface area contributed by atoms with Crippen LogP contribution in [0.2, 0.25) is 0 Å². The monoisotopic (exact) mass is 566 g/mol. The summed E-state index contributed by atoms with van der Waals surface area (Å²) in [5.41, 5.74) is 5.77. The molecular formula is C33H38N6O3. The summed E-state index contributed by atoms with van der Waals surface area (Å²) in [5.74, 6) is -0.0362. The van der Waals surface area contributed by atoms with Gasteiger partial charge in [0.1, 0.15) is 0 Å². The fourth-order valence-electron chi connectivity index (χ4n) is 5.05. The highest BCUT2D eigenvalue weighted by molar-refractivity contribution is 6.04. The lowest BCUT2D eigenvalue weighted by atomic mass is 9.91. The number of aryl methyl sites for hydroxylation is 1. The van der Waals surface area contributed by atoms with Crippen molar-refractivity contribution in [1.29, 1.82) is 0 Å². The Morgan fingerprint density at radius 3 is 2.38 bits per heavy atom. The molecule has 0 bridgehead atoms. The summed E-state index contributed by atoms with van der Waals surface area (Å²) in [4.78, 5) is 37.4. The third-order valence-corrected chi connectivity index (χ3v) is 7.68. The van der Waals surface area contributed by atoms with E-state index in [0.29, 0.717) is 16.9 Å². The van der Waals surface area contributed by atoms with Crippen molar-refractivity contribution in [2.24, 2.45) is 7.05 Å². The number of pyridine rings is 1. The van der Waals surface area contributed by atoms with Gasteiger partial charge in [0.15, 0.2) is 5.82 Å². The number of aliphatic hydroxyl groups is 1. The minimum atomic E-state index is -0.249. The first-order chi connectivity index (χ1) is 20.0. The van der Waals surface area contributed by atoms with E-state index in [1.54, 1.807) is 25.5 Å². The molecular weight excluding hydrogens is 528 g/mol. The van der Waals surface area contributed by atoms with Crippen LogP contribution in [0.1, 0.15) is 55.2 Å².